The summed E-state index contributed by atoms with van der Waals surface area (Å²) in [6.07, 6.45) is 4.73. The predicted molar refractivity (Wildman–Crippen MR) is 123 cm³/mol. The van der Waals surface area contributed by atoms with Gasteiger partial charge in [0.25, 0.3) is 5.91 Å². The average molecular weight is 480 g/mol. The fraction of sp³-hybridized carbons (Fsp3) is 0.455. The Hall–Kier alpha value is -3.39. The van der Waals surface area contributed by atoms with E-state index < -0.39 is 48.1 Å². The number of hydrogen-bond donors (Lipinski definition) is 4. The van der Waals surface area contributed by atoms with Crippen LogP contribution in [0.1, 0.15) is 37.9 Å². The van der Waals surface area contributed by atoms with E-state index in [1.165, 1.54) is 18.2 Å². The van der Waals surface area contributed by atoms with Gasteiger partial charge in [0.15, 0.2) is 0 Å². The highest BCUT2D eigenvalue weighted by Crippen LogP contribution is 2.26. The number of ether oxygens (including phenoxy) is 2. The van der Waals surface area contributed by atoms with Crippen LogP contribution in [-0.2, 0) is 23.9 Å². The van der Waals surface area contributed by atoms with Crippen molar-refractivity contribution in [3.8, 4) is 18.2 Å². The second-order valence-electron chi connectivity index (χ2n) is 7.96. The molecule has 33 heavy (non-hydrogen) atoms. The number of rotatable bonds is 8. The Labute approximate surface area is 198 Å². The fourth-order valence-corrected chi connectivity index (χ4v) is 2.91. The van der Waals surface area contributed by atoms with Gasteiger partial charge in [-0.05, 0) is 51.0 Å². The number of alkyl carbamates (subject to hydrolysis) is 1. The molecule has 0 saturated carbocycles. The molecule has 0 aliphatic heterocycles. The second-order valence-corrected chi connectivity index (χ2v) is 8.33. The van der Waals surface area contributed by atoms with Crippen LogP contribution in [0.3, 0.4) is 0 Å². The molecule has 0 spiro atoms. The quantitative estimate of drug-likeness (QED) is 0.191. The number of hydrogen-bond acceptors (Lipinski definition) is 8. The normalized spacial score (nSPS) is 12.5. The Morgan fingerprint density at radius 1 is 1.27 bits per heavy atom. The highest BCUT2D eigenvalue weighted by atomic mass is 32.1. The first-order valence-corrected chi connectivity index (χ1v) is 10.5. The van der Waals surface area contributed by atoms with Gasteiger partial charge in [0.2, 0.25) is 5.91 Å². The Morgan fingerprint density at radius 2 is 1.91 bits per heavy atom. The van der Waals surface area contributed by atoms with E-state index in [2.05, 4.69) is 34.0 Å². The first-order chi connectivity index (χ1) is 15.3. The molecule has 0 aliphatic carbocycles. The molecule has 0 radical (unpaired) electrons. The Kier molecular flexibility index (Phi) is 10.1. The maximum atomic E-state index is 13.2. The molecule has 3 N–H and O–H groups in total. The molecule has 0 aliphatic rings. The molecule has 2 unspecified atom stereocenters. The van der Waals surface area contributed by atoms with Gasteiger partial charge in [0.1, 0.15) is 30.0 Å². The molecule has 0 saturated heterocycles. The van der Waals surface area contributed by atoms with Gasteiger partial charge < -0.3 is 25.2 Å². The monoisotopic (exact) mass is 479 g/mol. The number of benzene rings is 1. The number of terminal acetylenes is 1. The van der Waals surface area contributed by atoms with Gasteiger partial charge in [0.05, 0.1) is 7.11 Å². The minimum Gasteiger partial charge on any atom is -0.508 e. The molecule has 1 aromatic carbocycles. The number of aryl methyl sites for hydroxylation is 1. The molecule has 11 heteroatoms. The van der Waals surface area contributed by atoms with E-state index in [1.807, 2.05) is 0 Å². The van der Waals surface area contributed by atoms with Crippen molar-refractivity contribution in [3.63, 3.8) is 0 Å². The lowest BCUT2D eigenvalue weighted by Crippen LogP contribution is -2.52. The van der Waals surface area contributed by atoms with Crippen LogP contribution >= 0.6 is 12.6 Å². The fourth-order valence-electron chi connectivity index (χ4n) is 2.66. The molecule has 10 nitrogen and oxygen atoms in total. The van der Waals surface area contributed by atoms with Gasteiger partial charge in [0, 0.05) is 11.8 Å². The third-order valence-corrected chi connectivity index (χ3v) is 4.59. The molecule has 0 fully saturated rings. The van der Waals surface area contributed by atoms with Crippen LogP contribution in [0, 0.1) is 19.4 Å². The van der Waals surface area contributed by atoms with Gasteiger partial charge in [-0.3, -0.25) is 19.3 Å². The lowest BCUT2D eigenvalue weighted by molar-refractivity contribution is -0.142. The van der Waals surface area contributed by atoms with Crippen molar-refractivity contribution >= 4 is 36.5 Å². The van der Waals surface area contributed by atoms with E-state index in [0.717, 1.165) is 12.0 Å². The SMILES string of the molecule is C#CN(C(=O)C(CS)NC(=O)OC(C)(C)C)C(C(=O)NCC(=O)OC)c1ccc(O)c(C)c1. The van der Waals surface area contributed by atoms with Crippen LogP contribution in [0.2, 0.25) is 0 Å². The smallest absolute Gasteiger partial charge is 0.408 e. The molecule has 1 rings (SSSR count). The number of carbonyl (C=O) groups excluding carboxylic acids is 4. The number of nitrogens with one attached hydrogen (secondary N) is 2. The molecule has 0 bridgehead atoms. The summed E-state index contributed by atoms with van der Waals surface area (Å²) in [6, 6.07) is 3.82. The zero-order chi connectivity index (χ0) is 25.3. The first kappa shape index (κ1) is 27.6. The summed E-state index contributed by atoms with van der Waals surface area (Å²) >= 11 is 4.11. The highest BCUT2D eigenvalue weighted by Gasteiger charge is 2.35. The number of phenolic OH excluding ortho intramolecular Hbond substituents is 1. The Morgan fingerprint density at radius 3 is 2.39 bits per heavy atom. The molecule has 0 aromatic heterocycles. The standard InChI is InChI=1S/C22H29N3O7S/c1-7-25(20(29)15(12-33)24-21(30)32-22(3,4)5)18(19(28)23-11-17(27)31-6)14-8-9-16(26)13(2)10-14/h1,8-10,15,18,26,33H,11-12H2,2-6H3,(H,23,28)(H,24,30). The molecule has 180 valence electrons. The molecule has 2 atom stereocenters. The molecular weight excluding hydrogens is 450 g/mol. The van der Waals surface area contributed by atoms with Crippen LogP contribution < -0.4 is 10.6 Å². The van der Waals surface area contributed by atoms with Crippen molar-refractivity contribution in [1.29, 1.82) is 0 Å². The summed E-state index contributed by atoms with van der Waals surface area (Å²) < 4.78 is 9.68. The summed E-state index contributed by atoms with van der Waals surface area (Å²) in [7, 11) is 1.16. The van der Waals surface area contributed by atoms with Crippen molar-refractivity contribution in [2.45, 2.75) is 45.4 Å². The molecule has 0 heterocycles. The van der Waals surface area contributed by atoms with E-state index in [4.69, 9.17) is 11.2 Å². The van der Waals surface area contributed by atoms with Crippen LogP contribution in [0.4, 0.5) is 4.79 Å². The van der Waals surface area contributed by atoms with Crippen LogP contribution in [0.15, 0.2) is 18.2 Å². The molecular formula is C22H29N3O7S. The summed E-state index contributed by atoms with van der Waals surface area (Å²) in [5, 5.41) is 14.6. The summed E-state index contributed by atoms with van der Waals surface area (Å²) in [5.74, 6) is -2.44. The van der Waals surface area contributed by atoms with Gasteiger partial charge in [-0.1, -0.05) is 12.5 Å². The van der Waals surface area contributed by atoms with Gasteiger partial charge >= 0.3 is 12.1 Å². The Balaban J connectivity index is 3.31. The second kappa shape index (κ2) is 12.0. The van der Waals surface area contributed by atoms with Crippen molar-refractivity contribution in [1.82, 2.24) is 15.5 Å². The van der Waals surface area contributed by atoms with Crippen LogP contribution in [-0.4, -0.2) is 64.9 Å². The summed E-state index contributed by atoms with van der Waals surface area (Å²) in [5.41, 5.74) is -0.102. The lowest BCUT2D eigenvalue weighted by atomic mass is 10.0. The summed E-state index contributed by atoms with van der Waals surface area (Å²) in [6.45, 7) is 6.12. The summed E-state index contributed by atoms with van der Waals surface area (Å²) in [4.78, 5) is 50.6. The zero-order valence-electron chi connectivity index (χ0n) is 19.2. The third kappa shape index (κ3) is 8.23. The Bertz CT molecular complexity index is 937. The number of phenols is 1. The first-order valence-electron chi connectivity index (χ1n) is 9.88. The van der Waals surface area contributed by atoms with Crippen LogP contribution in [0.25, 0.3) is 0 Å². The minimum absolute atomic E-state index is 0.0223. The van der Waals surface area contributed by atoms with Crippen molar-refractivity contribution in [2.24, 2.45) is 0 Å². The van der Waals surface area contributed by atoms with Crippen molar-refractivity contribution in [2.75, 3.05) is 19.4 Å². The van der Waals surface area contributed by atoms with Crippen LogP contribution in [0.5, 0.6) is 5.75 Å². The molecule has 3 amide bonds. The number of esters is 1. The average Bonchev–Trinajstić information content (AvgIpc) is 2.74. The maximum Gasteiger partial charge on any atom is 0.408 e. The zero-order valence-corrected chi connectivity index (χ0v) is 20.1. The van der Waals surface area contributed by atoms with Gasteiger partial charge in [-0.15, -0.1) is 0 Å². The van der Waals surface area contributed by atoms with Crippen molar-refractivity contribution in [3.05, 3.63) is 29.3 Å². The highest BCUT2D eigenvalue weighted by molar-refractivity contribution is 7.80. The number of aromatic hydroxyl groups is 1. The third-order valence-electron chi connectivity index (χ3n) is 4.23. The molecule has 1 aromatic rings. The van der Waals surface area contributed by atoms with Gasteiger partial charge in [-0.25, -0.2) is 4.79 Å². The number of thiol groups is 1. The number of methoxy groups -OCH3 is 1. The van der Waals surface area contributed by atoms with E-state index in [1.54, 1.807) is 27.7 Å². The number of amides is 3. The van der Waals surface area contributed by atoms with E-state index >= 15 is 0 Å². The van der Waals surface area contributed by atoms with Gasteiger partial charge in [-0.2, -0.15) is 12.6 Å². The van der Waals surface area contributed by atoms with E-state index in [9.17, 15) is 24.3 Å². The van der Waals surface area contributed by atoms with E-state index in [0.29, 0.717) is 5.56 Å². The minimum atomic E-state index is -1.38. The number of nitrogens with zero attached hydrogens (tertiary/aromatic N) is 1. The number of carbonyl (C=O) groups is 4. The maximum absolute atomic E-state index is 13.2. The lowest BCUT2D eigenvalue weighted by Gasteiger charge is -2.30. The topological polar surface area (TPSA) is 134 Å². The van der Waals surface area contributed by atoms with Crippen molar-refractivity contribution < 1.29 is 33.8 Å². The van der Waals surface area contributed by atoms with E-state index in [-0.39, 0.29) is 17.1 Å². The largest absolute Gasteiger partial charge is 0.508 e. The predicted octanol–water partition coefficient (Wildman–Crippen LogP) is 1.27.